The first-order valence-corrected chi connectivity index (χ1v) is 5.66. The molecule has 78 valence electrons. The molecule has 0 atom stereocenters. The zero-order valence-electron chi connectivity index (χ0n) is 7.20. The van der Waals surface area contributed by atoms with Crippen molar-refractivity contribution in [3.8, 4) is 0 Å². The highest BCUT2D eigenvalue weighted by molar-refractivity contribution is 6.75. The summed E-state index contributed by atoms with van der Waals surface area (Å²) in [6.45, 7) is 1.91. The first-order chi connectivity index (χ1) is 6.25. The highest BCUT2D eigenvalue weighted by Gasteiger charge is 2.47. The van der Waals surface area contributed by atoms with Crippen molar-refractivity contribution in [3.63, 3.8) is 0 Å². The maximum atomic E-state index is 5.98. The average molecular weight is 292 g/mol. The Balaban J connectivity index is 3.16. The molecule has 1 rings (SSSR count). The third-order valence-electron chi connectivity index (χ3n) is 1.74. The van der Waals surface area contributed by atoms with Gasteiger partial charge in [-0.2, -0.15) is 0 Å². The van der Waals surface area contributed by atoms with E-state index in [0.29, 0.717) is 5.56 Å². The zero-order chi connectivity index (χ0) is 11.0. The molecule has 5 heteroatoms. The SMILES string of the molecule is Cc1cccc(C(Cl)(Cl)C(Cl)(Cl)Cl)c1. The van der Waals surface area contributed by atoms with E-state index in [0.717, 1.165) is 5.56 Å². The molecule has 1 aromatic carbocycles. The minimum absolute atomic E-state index is 0.570. The summed E-state index contributed by atoms with van der Waals surface area (Å²) in [5.41, 5.74) is 1.57. The van der Waals surface area contributed by atoms with E-state index in [9.17, 15) is 0 Å². The van der Waals surface area contributed by atoms with Gasteiger partial charge in [0.25, 0.3) is 0 Å². The molecule has 0 nitrogen and oxygen atoms in total. The van der Waals surface area contributed by atoms with E-state index in [1.165, 1.54) is 0 Å². The number of benzene rings is 1. The van der Waals surface area contributed by atoms with Crippen molar-refractivity contribution in [1.29, 1.82) is 0 Å². The number of rotatable bonds is 1. The fourth-order valence-electron chi connectivity index (χ4n) is 1.00. The lowest BCUT2D eigenvalue weighted by molar-refractivity contribution is 0.876. The molecule has 0 N–H and O–H groups in total. The topological polar surface area (TPSA) is 0 Å². The van der Waals surface area contributed by atoms with Gasteiger partial charge >= 0.3 is 0 Å². The van der Waals surface area contributed by atoms with E-state index in [4.69, 9.17) is 58.0 Å². The van der Waals surface area contributed by atoms with Crippen LogP contribution in [0.2, 0.25) is 0 Å². The third kappa shape index (κ3) is 2.62. The van der Waals surface area contributed by atoms with Gasteiger partial charge in [0.2, 0.25) is 3.79 Å². The maximum absolute atomic E-state index is 5.98. The van der Waals surface area contributed by atoms with Gasteiger partial charge in [-0.15, -0.1) is 0 Å². The van der Waals surface area contributed by atoms with Crippen molar-refractivity contribution in [1.82, 2.24) is 0 Å². The molecule has 0 unspecified atom stereocenters. The second-order valence-electron chi connectivity index (χ2n) is 2.94. The Hall–Kier alpha value is 0.670. The van der Waals surface area contributed by atoms with Crippen LogP contribution in [0.3, 0.4) is 0 Å². The van der Waals surface area contributed by atoms with E-state index in [1.807, 2.05) is 13.0 Å². The van der Waals surface area contributed by atoms with Crippen LogP contribution in [0.5, 0.6) is 0 Å². The minimum atomic E-state index is -1.76. The molecule has 0 aliphatic rings. The first kappa shape index (κ1) is 12.7. The number of alkyl halides is 5. The monoisotopic (exact) mass is 290 g/mol. The molecule has 0 radical (unpaired) electrons. The van der Waals surface area contributed by atoms with Gasteiger partial charge < -0.3 is 0 Å². The van der Waals surface area contributed by atoms with Crippen LogP contribution >= 0.6 is 58.0 Å². The highest BCUT2D eigenvalue weighted by atomic mass is 35.6. The van der Waals surface area contributed by atoms with Gasteiger partial charge in [0.05, 0.1) is 0 Å². The number of halogens is 5. The predicted molar refractivity (Wildman–Crippen MR) is 64.9 cm³/mol. The summed E-state index contributed by atoms with van der Waals surface area (Å²) in [5, 5.41) is 0. The molecule has 0 saturated carbocycles. The molecule has 0 aromatic heterocycles. The summed E-state index contributed by atoms with van der Waals surface area (Å²) >= 11 is 29.0. The van der Waals surface area contributed by atoms with E-state index < -0.39 is 8.13 Å². The highest BCUT2D eigenvalue weighted by Crippen LogP contribution is 2.52. The van der Waals surface area contributed by atoms with Crippen molar-refractivity contribution in [2.24, 2.45) is 0 Å². The fourth-order valence-corrected chi connectivity index (χ4v) is 1.57. The standard InChI is InChI=1S/C9H7Cl5/c1-6-3-2-4-7(5-6)8(10,11)9(12,13)14/h2-5H,1H3. The molecular weight excluding hydrogens is 285 g/mol. The van der Waals surface area contributed by atoms with E-state index >= 15 is 0 Å². The molecule has 0 saturated heterocycles. The summed E-state index contributed by atoms with van der Waals surface area (Å²) in [6.07, 6.45) is 0. The van der Waals surface area contributed by atoms with Gasteiger partial charge in [0.1, 0.15) is 0 Å². The van der Waals surface area contributed by atoms with Gasteiger partial charge in [0.15, 0.2) is 4.33 Å². The molecule has 14 heavy (non-hydrogen) atoms. The normalized spacial score (nSPS) is 13.0. The molecule has 0 bridgehead atoms. The molecule has 0 fully saturated rings. The van der Waals surface area contributed by atoms with Crippen molar-refractivity contribution in [2.45, 2.75) is 15.0 Å². The summed E-state index contributed by atoms with van der Waals surface area (Å²) in [6, 6.07) is 7.21. The first-order valence-electron chi connectivity index (χ1n) is 3.77. The van der Waals surface area contributed by atoms with Gasteiger partial charge in [-0.05, 0) is 12.5 Å². The van der Waals surface area contributed by atoms with Gasteiger partial charge in [-0.1, -0.05) is 87.8 Å². The van der Waals surface area contributed by atoms with Gasteiger partial charge in [-0.25, -0.2) is 0 Å². The minimum Gasteiger partial charge on any atom is -0.0915 e. The van der Waals surface area contributed by atoms with E-state index in [-0.39, 0.29) is 0 Å². The van der Waals surface area contributed by atoms with Crippen molar-refractivity contribution >= 4 is 58.0 Å². The number of hydrogen-bond acceptors (Lipinski definition) is 0. The molecule has 0 aliphatic heterocycles. The Kier molecular flexibility index (Phi) is 3.89. The Morgan fingerprint density at radius 1 is 1.00 bits per heavy atom. The lowest BCUT2D eigenvalue weighted by Gasteiger charge is -2.27. The summed E-state index contributed by atoms with van der Waals surface area (Å²) in [4.78, 5) is 0. The quantitative estimate of drug-likeness (QED) is 0.639. The molecule has 0 heterocycles. The van der Waals surface area contributed by atoms with E-state index in [2.05, 4.69) is 0 Å². The largest absolute Gasteiger partial charge is 0.227 e. The Bertz CT molecular complexity index is 326. The lowest BCUT2D eigenvalue weighted by atomic mass is 10.1. The summed E-state index contributed by atoms with van der Waals surface area (Å²) in [5.74, 6) is 0. The summed E-state index contributed by atoms with van der Waals surface area (Å²) < 4.78 is -3.30. The molecular formula is C9H7Cl5. The van der Waals surface area contributed by atoms with Crippen LogP contribution in [0.25, 0.3) is 0 Å². The average Bonchev–Trinajstić information content (AvgIpc) is 2.02. The third-order valence-corrected chi connectivity index (χ3v) is 4.17. The molecule has 0 amide bonds. The zero-order valence-corrected chi connectivity index (χ0v) is 11.0. The van der Waals surface area contributed by atoms with Crippen LogP contribution < -0.4 is 0 Å². The van der Waals surface area contributed by atoms with E-state index in [1.54, 1.807) is 18.2 Å². The smallest absolute Gasteiger partial charge is 0.0915 e. The molecule has 0 aliphatic carbocycles. The Morgan fingerprint density at radius 2 is 1.57 bits per heavy atom. The van der Waals surface area contributed by atoms with Crippen LogP contribution in [0.4, 0.5) is 0 Å². The predicted octanol–water partition coefficient (Wildman–Crippen LogP) is 5.00. The second kappa shape index (κ2) is 4.27. The van der Waals surface area contributed by atoms with Crippen molar-refractivity contribution in [2.75, 3.05) is 0 Å². The van der Waals surface area contributed by atoms with Crippen molar-refractivity contribution < 1.29 is 0 Å². The number of hydrogen-bond donors (Lipinski definition) is 0. The van der Waals surface area contributed by atoms with Crippen LogP contribution in [-0.4, -0.2) is 3.79 Å². The van der Waals surface area contributed by atoms with Crippen molar-refractivity contribution in [3.05, 3.63) is 35.4 Å². The lowest BCUT2D eigenvalue weighted by Crippen LogP contribution is -2.28. The second-order valence-corrected chi connectivity index (χ2v) is 6.55. The van der Waals surface area contributed by atoms with Crippen LogP contribution in [-0.2, 0) is 4.33 Å². The molecule has 0 spiro atoms. The van der Waals surface area contributed by atoms with Gasteiger partial charge in [0, 0.05) is 0 Å². The Morgan fingerprint density at radius 3 is 2.00 bits per heavy atom. The van der Waals surface area contributed by atoms with Crippen LogP contribution in [0, 0.1) is 6.92 Å². The number of aryl methyl sites for hydroxylation is 1. The van der Waals surface area contributed by atoms with Crippen LogP contribution in [0.1, 0.15) is 11.1 Å². The Labute approximate surface area is 108 Å². The van der Waals surface area contributed by atoms with Crippen LogP contribution in [0.15, 0.2) is 24.3 Å². The maximum Gasteiger partial charge on any atom is 0.227 e. The van der Waals surface area contributed by atoms with Gasteiger partial charge in [-0.3, -0.25) is 0 Å². The molecule has 1 aromatic rings. The fraction of sp³-hybridized carbons (Fsp3) is 0.333. The summed E-state index contributed by atoms with van der Waals surface area (Å²) in [7, 11) is 0.